The van der Waals surface area contributed by atoms with Gasteiger partial charge in [-0.1, -0.05) is 25.0 Å². The summed E-state index contributed by atoms with van der Waals surface area (Å²) in [4.78, 5) is 14.3. The van der Waals surface area contributed by atoms with Gasteiger partial charge in [0.25, 0.3) is 5.91 Å². The molecule has 88 valence electrons. The largest absolute Gasteiger partial charge is 0.338 e. The van der Waals surface area contributed by atoms with Crippen molar-refractivity contribution in [2.45, 2.75) is 19.8 Å². The summed E-state index contributed by atoms with van der Waals surface area (Å²) in [6, 6.07) is 7.36. The van der Waals surface area contributed by atoms with Crippen LogP contribution in [0.4, 0.5) is 0 Å². The first kappa shape index (κ1) is 11.7. The van der Waals surface area contributed by atoms with Crippen LogP contribution in [0.25, 0.3) is 0 Å². The lowest BCUT2D eigenvalue weighted by molar-refractivity contribution is 0.0683. The molecule has 1 fully saturated rings. The summed E-state index contributed by atoms with van der Waals surface area (Å²) >= 11 is 0. The lowest BCUT2D eigenvalue weighted by Crippen LogP contribution is -2.39. The highest BCUT2D eigenvalue weighted by molar-refractivity contribution is 5.96. The summed E-state index contributed by atoms with van der Waals surface area (Å²) in [6.07, 6.45) is 7.72. The monoisotopic (exact) mass is 227 g/mol. The second-order valence-electron chi connectivity index (χ2n) is 4.69. The highest BCUT2D eigenvalue weighted by Gasteiger charge is 2.23. The summed E-state index contributed by atoms with van der Waals surface area (Å²) in [5.74, 6) is 3.24. The van der Waals surface area contributed by atoms with Gasteiger partial charge in [0.05, 0.1) is 5.56 Å². The number of amides is 1. The Morgan fingerprint density at radius 1 is 1.47 bits per heavy atom. The minimum atomic E-state index is 0.0742. The Morgan fingerprint density at radius 3 is 2.94 bits per heavy atom. The van der Waals surface area contributed by atoms with Crippen LogP contribution in [0.5, 0.6) is 0 Å². The van der Waals surface area contributed by atoms with Crippen molar-refractivity contribution in [1.82, 2.24) is 4.90 Å². The standard InChI is InChI=1S/C15H17NO/c1-3-13-8-4-5-9-14(13)15(17)16-10-6-7-12(2)11-16/h1,4-5,8-9,12H,6-7,10-11H2,2H3. The number of nitrogens with zero attached hydrogens (tertiary/aromatic N) is 1. The Morgan fingerprint density at radius 2 is 2.24 bits per heavy atom. The van der Waals surface area contributed by atoms with Crippen molar-refractivity contribution in [2.24, 2.45) is 5.92 Å². The van der Waals surface area contributed by atoms with Crippen LogP contribution < -0.4 is 0 Å². The molecule has 0 N–H and O–H groups in total. The van der Waals surface area contributed by atoms with Crippen LogP contribution in [0, 0.1) is 18.3 Å². The third-order valence-corrected chi connectivity index (χ3v) is 3.26. The molecule has 0 aliphatic carbocycles. The van der Waals surface area contributed by atoms with Crippen LogP contribution in [-0.4, -0.2) is 23.9 Å². The maximum Gasteiger partial charge on any atom is 0.255 e. The fraction of sp³-hybridized carbons (Fsp3) is 0.400. The van der Waals surface area contributed by atoms with E-state index < -0.39 is 0 Å². The Bertz CT molecular complexity index is 458. The molecule has 17 heavy (non-hydrogen) atoms. The second-order valence-corrected chi connectivity index (χ2v) is 4.69. The molecule has 0 radical (unpaired) electrons. The first-order chi connectivity index (χ1) is 8.22. The van der Waals surface area contributed by atoms with Crippen molar-refractivity contribution < 1.29 is 4.79 Å². The molecule has 0 aromatic heterocycles. The molecule has 0 saturated carbocycles. The van der Waals surface area contributed by atoms with E-state index >= 15 is 0 Å². The molecule has 0 bridgehead atoms. The normalized spacial score (nSPS) is 19.8. The Kier molecular flexibility index (Phi) is 3.49. The van der Waals surface area contributed by atoms with E-state index in [-0.39, 0.29) is 5.91 Å². The highest BCUT2D eigenvalue weighted by atomic mass is 16.2. The molecule has 1 aliphatic heterocycles. The van der Waals surface area contributed by atoms with Gasteiger partial charge in [-0.25, -0.2) is 0 Å². The molecule has 1 aromatic carbocycles. The smallest absolute Gasteiger partial charge is 0.255 e. The number of hydrogen-bond acceptors (Lipinski definition) is 1. The third kappa shape index (κ3) is 2.50. The van der Waals surface area contributed by atoms with Gasteiger partial charge >= 0.3 is 0 Å². The molecule has 1 amide bonds. The molecule has 2 nitrogen and oxygen atoms in total. The number of carbonyl (C=O) groups is 1. The zero-order valence-electron chi connectivity index (χ0n) is 10.1. The first-order valence-electron chi connectivity index (χ1n) is 6.07. The quantitative estimate of drug-likeness (QED) is 0.675. The topological polar surface area (TPSA) is 20.3 Å². The van der Waals surface area contributed by atoms with E-state index in [0.717, 1.165) is 19.5 Å². The van der Waals surface area contributed by atoms with Crippen LogP contribution >= 0.6 is 0 Å². The molecule has 2 heteroatoms. The maximum absolute atomic E-state index is 12.4. The van der Waals surface area contributed by atoms with Crippen LogP contribution in [0.3, 0.4) is 0 Å². The Hall–Kier alpha value is -1.75. The van der Waals surface area contributed by atoms with Crippen molar-refractivity contribution in [3.05, 3.63) is 35.4 Å². The summed E-state index contributed by atoms with van der Waals surface area (Å²) in [5, 5.41) is 0. The SMILES string of the molecule is C#Cc1ccccc1C(=O)N1CCCC(C)C1. The third-order valence-electron chi connectivity index (χ3n) is 3.26. The number of carbonyl (C=O) groups excluding carboxylic acids is 1. The van der Waals surface area contributed by atoms with Crippen LogP contribution in [0.1, 0.15) is 35.7 Å². The van der Waals surface area contributed by atoms with Gasteiger partial charge in [0, 0.05) is 18.7 Å². The molecule has 1 aromatic rings. The van der Waals surface area contributed by atoms with Crippen molar-refractivity contribution in [1.29, 1.82) is 0 Å². The van der Waals surface area contributed by atoms with Crippen LogP contribution in [0.2, 0.25) is 0 Å². The number of terminal acetylenes is 1. The number of benzene rings is 1. The van der Waals surface area contributed by atoms with Gasteiger partial charge in [0.1, 0.15) is 0 Å². The van der Waals surface area contributed by atoms with E-state index in [0.29, 0.717) is 17.0 Å². The van der Waals surface area contributed by atoms with Crippen LogP contribution in [0.15, 0.2) is 24.3 Å². The van der Waals surface area contributed by atoms with Gasteiger partial charge in [-0.05, 0) is 30.9 Å². The van der Waals surface area contributed by atoms with Crippen molar-refractivity contribution in [3.8, 4) is 12.3 Å². The summed E-state index contributed by atoms with van der Waals surface area (Å²) in [7, 11) is 0. The predicted octanol–water partition coefficient (Wildman–Crippen LogP) is 2.54. The van der Waals surface area contributed by atoms with Gasteiger partial charge in [-0.2, -0.15) is 0 Å². The highest BCUT2D eigenvalue weighted by Crippen LogP contribution is 2.19. The number of piperidine rings is 1. The number of rotatable bonds is 1. The average Bonchev–Trinajstić information content (AvgIpc) is 2.38. The Balaban J connectivity index is 2.22. The van der Waals surface area contributed by atoms with Crippen molar-refractivity contribution in [2.75, 3.05) is 13.1 Å². The van der Waals surface area contributed by atoms with Gasteiger partial charge in [0.15, 0.2) is 0 Å². The second kappa shape index (κ2) is 5.05. The molecule has 1 heterocycles. The molecule has 1 unspecified atom stereocenters. The number of likely N-dealkylation sites (tertiary alicyclic amines) is 1. The summed E-state index contributed by atoms with van der Waals surface area (Å²) in [6.45, 7) is 3.88. The van der Waals surface area contributed by atoms with E-state index in [1.807, 2.05) is 29.2 Å². The predicted molar refractivity (Wildman–Crippen MR) is 68.7 cm³/mol. The van der Waals surface area contributed by atoms with E-state index in [1.165, 1.54) is 6.42 Å². The maximum atomic E-state index is 12.4. The zero-order valence-corrected chi connectivity index (χ0v) is 10.1. The fourth-order valence-corrected chi connectivity index (χ4v) is 2.34. The van der Waals surface area contributed by atoms with E-state index in [1.54, 1.807) is 0 Å². The van der Waals surface area contributed by atoms with E-state index in [2.05, 4.69) is 12.8 Å². The summed E-state index contributed by atoms with van der Waals surface area (Å²) in [5.41, 5.74) is 1.35. The van der Waals surface area contributed by atoms with Gasteiger partial charge < -0.3 is 4.90 Å². The minimum absolute atomic E-state index is 0.0742. The van der Waals surface area contributed by atoms with Crippen molar-refractivity contribution >= 4 is 5.91 Å². The summed E-state index contributed by atoms with van der Waals surface area (Å²) < 4.78 is 0. The van der Waals surface area contributed by atoms with Crippen molar-refractivity contribution in [3.63, 3.8) is 0 Å². The van der Waals surface area contributed by atoms with Gasteiger partial charge in [-0.15, -0.1) is 6.42 Å². The van der Waals surface area contributed by atoms with Gasteiger partial charge in [0.2, 0.25) is 0 Å². The molecule has 1 atom stereocenters. The Labute approximate surface area is 103 Å². The molecular formula is C15H17NO. The first-order valence-corrected chi connectivity index (χ1v) is 6.07. The zero-order chi connectivity index (χ0) is 12.3. The molecule has 0 spiro atoms. The average molecular weight is 227 g/mol. The molecule has 1 saturated heterocycles. The number of hydrogen-bond donors (Lipinski definition) is 0. The van der Waals surface area contributed by atoms with E-state index in [9.17, 15) is 4.79 Å². The van der Waals surface area contributed by atoms with Crippen LogP contribution in [-0.2, 0) is 0 Å². The minimum Gasteiger partial charge on any atom is -0.338 e. The fourth-order valence-electron chi connectivity index (χ4n) is 2.34. The van der Waals surface area contributed by atoms with E-state index in [4.69, 9.17) is 6.42 Å². The molecular weight excluding hydrogens is 210 g/mol. The molecule has 2 rings (SSSR count). The molecule has 1 aliphatic rings. The van der Waals surface area contributed by atoms with Gasteiger partial charge in [-0.3, -0.25) is 4.79 Å². The lowest BCUT2D eigenvalue weighted by Gasteiger charge is -2.31. The lowest BCUT2D eigenvalue weighted by atomic mass is 9.98.